The number of fused-ring (bicyclic) bond motifs is 1. The van der Waals surface area contributed by atoms with E-state index in [-0.39, 0.29) is 0 Å². The van der Waals surface area contributed by atoms with Gasteiger partial charge < -0.3 is 0 Å². The van der Waals surface area contributed by atoms with E-state index >= 15 is 0 Å². The molecule has 0 atom stereocenters. The van der Waals surface area contributed by atoms with Gasteiger partial charge in [-0.05, 0) is 0 Å². The van der Waals surface area contributed by atoms with Crippen LogP contribution in [0.2, 0.25) is 39.3 Å². The highest BCUT2D eigenvalue weighted by molar-refractivity contribution is 9.14. The van der Waals surface area contributed by atoms with Gasteiger partial charge in [-0.2, -0.15) is 42.6 Å². The van der Waals surface area contributed by atoms with Crippen LogP contribution in [-0.2, 0) is 0 Å². The summed E-state index contributed by atoms with van der Waals surface area (Å²) < 4.78 is 0. The molecule has 2 saturated heterocycles. The van der Waals surface area contributed by atoms with Crippen molar-refractivity contribution in [3.05, 3.63) is 0 Å². The lowest BCUT2D eigenvalue weighted by atomic mass is 11.9. The second-order valence-electron chi connectivity index (χ2n) is 5.10. The summed E-state index contributed by atoms with van der Waals surface area (Å²) in [5.41, 5.74) is 0. The molecule has 0 aromatic carbocycles. The zero-order valence-electron chi connectivity index (χ0n) is 9.63. The minimum atomic E-state index is -0.926. The molecule has 0 amide bonds. The molecule has 0 saturated carbocycles. The first-order chi connectivity index (χ1) is 6.08. The molecule has 0 aliphatic carbocycles. The maximum Gasteiger partial charge on any atom is 0.175 e. The molecule has 0 radical (unpaired) electrons. The van der Waals surface area contributed by atoms with Crippen molar-refractivity contribution in [3.8, 4) is 0 Å². The second-order valence-corrected chi connectivity index (χ2v) is 60.6. The van der Waals surface area contributed by atoms with E-state index in [1.807, 2.05) is 0 Å². The standard InChI is InChI=1S/C6H18S4Si4/c1-11(2)7-13(5)9-12(3,4)10-14(13,6)8-11/h1-6H3. The Balaban J connectivity index is 2.34. The van der Waals surface area contributed by atoms with Crippen LogP contribution in [0.15, 0.2) is 0 Å². The van der Waals surface area contributed by atoms with Crippen molar-refractivity contribution >= 4 is 67.2 Å². The fourth-order valence-electron chi connectivity index (χ4n) is 2.33. The highest BCUT2D eigenvalue weighted by Gasteiger charge is 2.69. The van der Waals surface area contributed by atoms with Crippen molar-refractivity contribution in [2.24, 2.45) is 0 Å². The van der Waals surface area contributed by atoms with Crippen LogP contribution in [-0.4, -0.2) is 24.5 Å². The second kappa shape index (κ2) is 3.39. The Labute approximate surface area is 106 Å². The average Bonchev–Trinajstić information content (AvgIpc) is 1.99. The van der Waals surface area contributed by atoms with Crippen molar-refractivity contribution in [1.82, 2.24) is 0 Å². The van der Waals surface area contributed by atoms with Crippen molar-refractivity contribution in [3.63, 3.8) is 0 Å². The normalized spacial score (nSPS) is 49.3. The maximum atomic E-state index is 2.69. The molecule has 2 aliphatic rings. The summed E-state index contributed by atoms with van der Waals surface area (Å²) in [7, 11) is 10.1. The van der Waals surface area contributed by atoms with Crippen LogP contribution in [0.3, 0.4) is 0 Å². The zero-order chi connectivity index (χ0) is 10.8. The summed E-state index contributed by atoms with van der Waals surface area (Å²) in [6.45, 7) is 15.7. The van der Waals surface area contributed by atoms with E-state index in [2.05, 4.69) is 81.9 Å². The van der Waals surface area contributed by atoms with Crippen molar-refractivity contribution in [2.75, 3.05) is 0 Å². The van der Waals surface area contributed by atoms with Crippen LogP contribution in [0.1, 0.15) is 0 Å². The number of rotatable bonds is 0. The molecular weight excluding hydrogens is 313 g/mol. The van der Waals surface area contributed by atoms with E-state index in [4.69, 9.17) is 0 Å². The van der Waals surface area contributed by atoms with Crippen LogP contribution in [0.25, 0.3) is 0 Å². The first-order valence-corrected chi connectivity index (χ1v) is 25.9. The monoisotopic (exact) mass is 330 g/mol. The van der Waals surface area contributed by atoms with Crippen molar-refractivity contribution in [1.29, 1.82) is 0 Å². The Hall–Kier alpha value is 2.27. The number of hydrogen-bond donors (Lipinski definition) is 0. The molecule has 82 valence electrons. The third-order valence-corrected chi connectivity index (χ3v) is 103. The largest absolute Gasteiger partial charge is 0.185 e. The number of hydrogen-bond acceptors (Lipinski definition) is 4. The van der Waals surface area contributed by atoms with Gasteiger partial charge in [0.15, 0.2) is 24.5 Å². The molecular formula is C6H18S4Si4. The van der Waals surface area contributed by atoms with Crippen LogP contribution >= 0.6 is 42.6 Å². The Morgan fingerprint density at radius 1 is 0.500 bits per heavy atom. The Kier molecular flexibility index (Phi) is 3.08. The quantitative estimate of drug-likeness (QED) is 0.596. The Morgan fingerprint density at radius 3 is 0.929 bits per heavy atom. The smallest absolute Gasteiger partial charge is 0.175 e. The van der Waals surface area contributed by atoms with Crippen molar-refractivity contribution in [2.45, 2.75) is 39.3 Å². The lowest BCUT2D eigenvalue weighted by Gasteiger charge is -2.25. The first-order valence-electron chi connectivity index (χ1n) is 4.88. The van der Waals surface area contributed by atoms with Crippen LogP contribution in [0, 0.1) is 0 Å². The molecule has 0 bridgehead atoms. The van der Waals surface area contributed by atoms with Gasteiger partial charge in [0.2, 0.25) is 0 Å². The van der Waals surface area contributed by atoms with Gasteiger partial charge in [0, 0.05) is 0 Å². The lowest BCUT2D eigenvalue weighted by molar-refractivity contribution is 2.08. The van der Waals surface area contributed by atoms with E-state index in [0.29, 0.717) is 0 Å². The van der Waals surface area contributed by atoms with E-state index in [0.717, 1.165) is 0 Å². The summed E-state index contributed by atoms with van der Waals surface area (Å²) in [5.74, 6) is -1.85. The molecule has 0 spiro atoms. The summed E-state index contributed by atoms with van der Waals surface area (Å²) in [6.07, 6.45) is -1.81. The predicted octanol–water partition coefficient (Wildman–Crippen LogP) is 4.57. The van der Waals surface area contributed by atoms with Gasteiger partial charge in [-0.15, -0.1) is 0 Å². The minimum Gasteiger partial charge on any atom is -0.185 e. The summed E-state index contributed by atoms with van der Waals surface area (Å²) in [6, 6.07) is 0. The summed E-state index contributed by atoms with van der Waals surface area (Å²) in [4.78, 5) is 0. The maximum absolute atomic E-state index is 2.69. The summed E-state index contributed by atoms with van der Waals surface area (Å²) in [5, 5.41) is 0. The Morgan fingerprint density at radius 2 is 0.714 bits per heavy atom. The lowest BCUT2D eigenvalue weighted by Crippen LogP contribution is -2.41. The Bertz CT molecular complexity index is 235. The van der Waals surface area contributed by atoms with Crippen LogP contribution < -0.4 is 0 Å². The topological polar surface area (TPSA) is 0 Å². The molecule has 0 N–H and O–H groups in total. The van der Waals surface area contributed by atoms with Crippen molar-refractivity contribution < 1.29 is 0 Å². The van der Waals surface area contributed by atoms with Gasteiger partial charge in [0.1, 0.15) is 0 Å². The first kappa shape index (κ1) is 12.7. The zero-order valence-corrected chi connectivity index (χ0v) is 16.9. The molecule has 0 aromatic heterocycles. The molecule has 2 fully saturated rings. The molecule has 8 heteroatoms. The summed E-state index contributed by atoms with van der Waals surface area (Å²) >= 11 is 0. The molecule has 0 aromatic rings. The van der Waals surface area contributed by atoms with Gasteiger partial charge in [0.25, 0.3) is 0 Å². The molecule has 2 heterocycles. The van der Waals surface area contributed by atoms with Gasteiger partial charge >= 0.3 is 0 Å². The van der Waals surface area contributed by atoms with Gasteiger partial charge in [-0.3, -0.25) is 0 Å². The molecule has 2 rings (SSSR count). The van der Waals surface area contributed by atoms with Gasteiger partial charge in [0.05, 0.1) is 0 Å². The van der Waals surface area contributed by atoms with E-state index in [9.17, 15) is 0 Å². The highest BCUT2D eigenvalue weighted by atomic mass is 33.0. The molecule has 0 nitrogen and oxygen atoms in total. The third-order valence-electron chi connectivity index (χ3n) is 2.59. The van der Waals surface area contributed by atoms with Crippen LogP contribution in [0.4, 0.5) is 0 Å². The van der Waals surface area contributed by atoms with Crippen LogP contribution in [0.5, 0.6) is 0 Å². The average molecular weight is 331 g/mol. The minimum absolute atomic E-state index is 0.906. The molecule has 14 heavy (non-hydrogen) atoms. The molecule has 0 unspecified atom stereocenters. The molecule has 2 aliphatic heterocycles. The third kappa shape index (κ3) is 2.02. The van der Waals surface area contributed by atoms with E-state index < -0.39 is 24.5 Å². The van der Waals surface area contributed by atoms with Gasteiger partial charge in [-0.25, -0.2) is 0 Å². The van der Waals surface area contributed by atoms with E-state index in [1.165, 1.54) is 0 Å². The fourth-order valence-corrected chi connectivity index (χ4v) is 210. The fraction of sp³-hybridized carbons (Fsp3) is 1.00. The predicted molar refractivity (Wildman–Crippen MR) is 88.6 cm³/mol. The highest BCUT2D eigenvalue weighted by Crippen LogP contribution is 2.72. The SMILES string of the molecule is C[Si]1(C)S[Si]2(C)S[Si](C)(C)S[Si]2(C)S1. The van der Waals surface area contributed by atoms with E-state index in [1.54, 1.807) is 0 Å². The van der Waals surface area contributed by atoms with Gasteiger partial charge in [-0.1, -0.05) is 39.3 Å².